The van der Waals surface area contributed by atoms with Gasteiger partial charge in [-0.2, -0.15) is 0 Å². The lowest BCUT2D eigenvalue weighted by atomic mass is 9.92. The van der Waals surface area contributed by atoms with Crippen molar-refractivity contribution in [3.63, 3.8) is 0 Å². The molecule has 1 rings (SSSR count). The number of nitrogens with one attached hydrogen (secondary N) is 1. The van der Waals surface area contributed by atoms with Gasteiger partial charge in [-0.25, -0.2) is 4.79 Å². The largest absolute Gasteiger partial charge is 0.447 e. The molecule has 1 aliphatic rings. The molecule has 0 aromatic carbocycles. The zero-order valence-corrected chi connectivity index (χ0v) is 8.88. The highest BCUT2D eigenvalue weighted by atomic mass is 16.6. The molecule has 0 spiro atoms. The van der Waals surface area contributed by atoms with Crippen LogP contribution in [0.3, 0.4) is 0 Å². The van der Waals surface area contributed by atoms with Crippen LogP contribution in [0.2, 0.25) is 0 Å². The van der Waals surface area contributed by atoms with Crippen LogP contribution in [-0.2, 0) is 4.74 Å². The Morgan fingerprint density at radius 1 is 1.57 bits per heavy atom. The van der Waals surface area contributed by atoms with E-state index in [4.69, 9.17) is 9.84 Å². The predicted molar refractivity (Wildman–Crippen MR) is 52.9 cm³/mol. The highest BCUT2D eigenvalue weighted by molar-refractivity contribution is 5.67. The van der Waals surface area contributed by atoms with Gasteiger partial charge in [0.2, 0.25) is 0 Å². The van der Waals surface area contributed by atoms with Crippen molar-refractivity contribution in [1.29, 1.82) is 0 Å². The lowest BCUT2D eigenvalue weighted by molar-refractivity contribution is 0.116. The highest BCUT2D eigenvalue weighted by Crippen LogP contribution is 2.51. The van der Waals surface area contributed by atoms with E-state index in [0.29, 0.717) is 17.9 Å². The molecule has 1 amide bonds. The fraction of sp³-hybridized carbons (Fsp3) is 0.900. The van der Waals surface area contributed by atoms with Crippen LogP contribution in [0.1, 0.15) is 26.7 Å². The summed E-state index contributed by atoms with van der Waals surface area (Å²) in [5.74, 6) is 0.598. The molecule has 0 radical (unpaired) electrons. The number of alkyl carbamates (subject to hydrolysis) is 1. The third-order valence-electron chi connectivity index (χ3n) is 3.03. The smallest absolute Gasteiger partial charge is 0.407 e. The minimum Gasteiger partial charge on any atom is -0.447 e. The van der Waals surface area contributed by atoms with E-state index in [1.165, 1.54) is 12.8 Å². The van der Waals surface area contributed by atoms with Crippen molar-refractivity contribution < 1.29 is 14.6 Å². The first-order valence-electron chi connectivity index (χ1n) is 5.12. The first kappa shape index (κ1) is 11.3. The molecule has 4 nitrogen and oxygen atoms in total. The van der Waals surface area contributed by atoms with Crippen molar-refractivity contribution in [2.45, 2.75) is 26.7 Å². The fourth-order valence-electron chi connectivity index (χ4n) is 1.56. The maximum atomic E-state index is 11.1. The van der Waals surface area contributed by atoms with Gasteiger partial charge < -0.3 is 15.2 Å². The minimum atomic E-state index is -0.425. The van der Waals surface area contributed by atoms with Crippen molar-refractivity contribution in [1.82, 2.24) is 5.32 Å². The number of carbonyl (C=O) groups excluding carboxylic acids is 1. The molecule has 0 unspecified atom stereocenters. The second-order valence-electron chi connectivity index (χ2n) is 4.23. The van der Waals surface area contributed by atoms with Gasteiger partial charge in [0, 0.05) is 6.54 Å². The number of hydrogen-bond donors (Lipinski definition) is 2. The van der Waals surface area contributed by atoms with Crippen molar-refractivity contribution in [2.24, 2.45) is 11.3 Å². The molecule has 14 heavy (non-hydrogen) atoms. The number of ether oxygens (including phenoxy) is 1. The van der Waals surface area contributed by atoms with Crippen LogP contribution in [0.5, 0.6) is 0 Å². The van der Waals surface area contributed by atoms with Gasteiger partial charge in [-0.1, -0.05) is 13.8 Å². The van der Waals surface area contributed by atoms with Gasteiger partial charge in [-0.05, 0) is 24.2 Å². The molecule has 0 aromatic heterocycles. The van der Waals surface area contributed by atoms with Crippen molar-refractivity contribution in [3.8, 4) is 0 Å². The molecule has 0 atom stereocenters. The summed E-state index contributed by atoms with van der Waals surface area (Å²) < 4.78 is 4.69. The van der Waals surface area contributed by atoms with E-state index in [-0.39, 0.29) is 13.2 Å². The fourth-order valence-corrected chi connectivity index (χ4v) is 1.56. The van der Waals surface area contributed by atoms with E-state index in [0.717, 1.165) is 0 Å². The van der Waals surface area contributed by atoms with E-state index < -0.39 is 6.09 Å². The number of amides is 1. The lowest BCUT2D eigenvalue weighted by Crippen LogP contribution is -2.33. The monoisotopic (exact) mass is 201 g/mol. The summed E-state index contributed by atoms with van der Waals surface area (Å²) in [6.45, 7) is 4.99. The Balaban J connectivity index is 2.17. The molecule has 2 N–H and O–H groups in total. The topological polar surface area (TPSA) is 58.6 Å². The highest BCUT2D eigenvalue weighted by Gasteiger charge is 2.45. The summed E-state index contributed by atoms with van der Waals surface area (Å²) in [6.07, 6.45) is 1.95. The van der Waals surface area contributed by atoms with Crippen LogP contribution in [0, 0.1) is 11.3 Å². The van der Waals surface area contributed by atoms with Gasteiger partial charge in [-0.15, -0.1) is 0 Å². The Hall–Kier alpha value is -0.770. The van der Waals surface area contributed by atoms with Crippen LogP contribution >= 0.6 is 0 Å². The first-order valence-corrected chi connectivity index (χ1v) is 5.12. The Kier molecular flexibility index (Phi) is 3.75. The van der Waals surface area contributed by atoms with Crippen LogP contribution in [0.4, 0.5) is 4.79 Å². The van der Waals surface area contributed by atoms with Gasteiger partial charge in [0.15, 0.2) is 0 Å². The number of aliphatic hydroxyl groups excluding tert-OH is 1. The average Bonchev–Trinajstić information content (AvgIpc) is 2.92. The molecular formula is C10H19NO3. The van der Waals surface area contributed by atoms with Crippen LogP contribution < -0.4 is 5.32 Å². The van der Waals surface area contributed by atoms with Gasteiger partial charge in [0.1, 0.15) is 6.61 Å². The van der Waals surface area contributed by atoms with Crippen molar-refractivity contribution >= 4 is 6.09 Å². The van der Waals surface area contributed by atoms with E-state index in [2.05, 4.69) is 19.2 Å². The average molecular weight is 201 g/mol. The van der Waals surface area contributed by atoms with Gasteiger partial charge >= 0.3 is 6.09 Å². The molecule has 0 bridgehead atoms. The molecule has 1 saturated carbocycles. The molecule has 0 saturated heterocycles. The summed E-state index contributed by atoms with van der Waals surface area (Å²) in [4.78, 5) is 11.1. The third-order valence-corrected chi connectivity index (χ3v) is 3.03. The zero-order chi connectivity index (χ0) is 10.6. The molecule has 4 heteroatoms. The van der Waals surface area contributed by atoms with E-state index in [1.54, 1.807) is 0 Å². The van der Waals surface area contributed by atoms with Crippen LogP contribution in [-0.4, -0.2) is 31.0 Å². The van der Waals surface area contributed by atoms with Crippen LogP contribution in [0.25, 0.3) is 0 Å². The second-order valence-corrected chi connectivity index (χ2v) is 4.23. The normalized spacial score (nSPS) is 18.0. The number of carbonyl (C=O) groups is 1. The maximum Gasteiger partial charge on any atom is 0.407 e. The quantitative estimate of drug-likeness (QED) is 0.701. The second kappa shape index (κ2) is 4.64. The zero-order valence-electron chi connectivity index (χ0n) is 8.88. The number of aliphatic hydroxyl groups is 1. The molecular weight excluding hydrogens is 182 g/mol. The Labute approximate surface area is 84.6 Å². The molecule has 0 heterocycles. The van der Waals surface area contributed by atoms with Crippen LogP contribution in [0.15, 0.2) is 0 Å². The van der Waals surface area contributed by atoms with E-state index in [9.17, 15) is 4.79 Å². The molecule has 82 valence electrons. The molecule has 0 aromatic rings. The minimum absolute atomic E-state index is 0.0700. The first-order chi connectivity index (χ1) is 6.60. The Morgan fingerprint density at radius 2 is 2.21 bits per heavy atom. The maximum absolute atomic E-state index is 11.1. The molecule has 0 aliphatic heterocycles. The van der Waals surface area contributed by atoms with Crippen molar-refractivity contribution in [3.05, 3.63) is 0 Å². The summed E-state index contributed by atoms with van der Waals surface area (Å²) in [5.41, 5.74) is 0.304. The standard InChI is InChI=1S/C10H19NO3/c1-8(2)10(3-4-10)7-11-9(13)14-6-5-12/h8,12H,3-7H2,1-2H3,(H,11,13). The van der Waals surface area contributed by atoms with E-state index in [1.807, 2.05) is 0 Å². The summed E-state index contributed by atoms with van der Waals surface area (Å²) in [5, 5.41) is 11.2. The summed E-state index contributed by atoms with van der Waals surface area (Å²) in [7, 11) is 0. The molecule has 1 aliphatic carbocycles. The Morgan fingerprint density at radius 3 is 2.64 bits per heavy atom. The predicted octanol–water partition coefficient (Wildman–Crippen LogP) is 1.14. The van der Waals surface area contributed by atoms with E-state index >= 15 is 0 Å². The number of rotatable bonds is 5. The Bertz CT molecular complexity index is 200. The van der Waals surface area contributed by atoms with Gasteiger partial charge in [0.25, 0.3) is 0 Å². The van der Waals surface area contributed by atoms with Gasteiger partial charge in [0.05, 0.1) is 6.61 Å². The SMILES string of the molecule is CC(C)C1(CNC(=O)OCCO)CC1. The van der Waals surface area contributed by atoms with Crippen molar-refractivity contribution in [2.75, 3.05) is 19.8 Å². The number of hydrogen-bond acceptors (Lipinski definition) is 3. The third kappa shape index (κ3) is 2.87. The summed E-state index contributed by atoms with van der Waals surface area (Å²) in [6, 6.07) is 0. The van der Waals surface area contributed by atoms with Gasteiger partial charge in [-0.3, -0.25) is 0 Å². The lowest BCUT2D eigenvalue weighted by Gasteiger charge is -2.19. The molecule has 1 fully saturated rings. The summed E-state index contributed by atoms with van der Waals surface area (Å²) >= 11 is 0.